The van der Waals surface area contributed by atoms with E-state index in [0.29, 0.717) is 5.82 Å². The second-order valence-electron chi connectivity index (χ2n) is 1.86. The van der Waals surface area contributed by atoms with Crippen LogP contribution in [-0.4, -0.2) is 10.1 Å². The number of hydrogen-bond donors (Lipinski definition) is 2. The largest absolute Gasteiger partial charge is 0.392 e. The number of anilines is 1. The topological polar surface area (TPSA) is 59.1 Å². The van der Waals surface area contributed by atoms with Gasteiger partial charge in [0.25, 0.3) is 0 Å². The summed E-state index contributed by atoms with van der Waals surface area (Å²) in [6.45, 7) is -0.0205. The Morgan fingerprint density at radius 1 is 1.70 bits per heavy atom. The molecule has 0 unspecified atom stereocenters. The summed E-state index contributed by atoms with van der Waals surface area (Å²) in [5.74, 6) is 0.423. The van der Waals surface area contributed by atoms with Crippen molar-refractivity contribution in [2.24, 2.45) is 0 Å². The Bertz CT molecular complexity index is 239. The van der Waals surface area contributed by atoms with Gasteiger partial charge in [0.1, 0.15) is 5.82 Å². The Balaban J connectivity index is 3.09. The summed E-state index contributed by atoms with van der Waals surface area (Å²) < 4.78 is 0.782. The molecular weight excluding hydrogens is 196 g/mol. The summed E-state index contributed by atoms with van der Waals surface area (Å²) in [7, 11) is 0. The van der Waals surface area contributed by atoms with Gasteiger partial charge in [-0.3, -0.25) is 0 Å². The lowest BCUT2D eigenvalue weighted by Gasteiger charge is -1.99. The minimum absolute atomic E-state index is 0.0205. The Labute approximate surface area is 67.0 Å². The Hall–Kier alpha value is -0.610. The fraction of sp³-hybridized carbons (Fsp3) is 0.167. The van der Waals surface area contributed by atoms with Crippen LogP contribution in [0.3, 0.4) is 0 Å². The van der Waals surface area contributed by atoms with Crippen molar-refractivity contribution in [1.29, 1.82) is 0 Å². The average Bonchev–Trinajstić information content (AvgIpc) is 1.94. The summed E-state index contributed by atoms with van der Waals surface area (Å²) in [4.78, 5) is 3.81. The lowest BCUT2D eigenvalue weighted by Crippen LogP contribution is -1.93. The zero-order valence-corrected chi connectivity index (χ0v) is 6.80. The van der Waals surface area contributed by atoms with E-state index in [-0.39, 0.29) is 6.61 Å². The van der Waals surface area contributed by atoms with Gasteiger partial charge in [0.15, 0.2) is 0 Å². The molecule has 0 fully saturated rings. The molecule has 0 saturated carbocycles. The predicted molar refractivity (Wildman–Crippen MR) is 42.3 cm³/mol. The molecular formula is C6H7BrN2O. The first-order chi connectivity index (χ1) is 4.74. The molecule has 0 aliphatic carbocycles. The highest BCUT2D eigenvalue weighted by atomic mass is 79.9. The summed E-state index contributed by atoms with van der Waals surface area (Å²) >= 11 is 3.21. The van der Waals surface area contributed by atoms with Gasteiger partial charge in [0, 0.05) is 10.7 Å². The summed E-state index contributed by atoms with van der Waals surface area (Å²) in [6, 6.07) is 1.63. The zero-order valence-electron chi connectivity index (χ0n) is 5.21. The number of halogens is 1. The molecule has 3 nitrogen and oxygen atoms in total. The third-order valence-electron chi connectivity index (χ3n) is 1.13. The third-order valence-corrected chi connectivity index (χ3v) is 1.84. The van der Waals surface area contributed by atoms with Crippen LogP contribution in [0.25, 0.3) is 0 Å². The number of aliphatic hydroxyl groups excluding tert-OH is 1. The van der Waals surface area contributed by atoms with Gasteiger partial charge in [0.2, 0.25) is 0 Å². The van der Waals surface area contributed by atoms with E-state index in [1.807, 2.05) is 0 Å². The van der Waals surface area contributed by atoms with E-state index in [1.165, 1.54) is 0 Å². The maximum atomic E-state index is 8.73. The Morgan fingerprint density at radius 3 is 2.90 bits per heavy atom. The van der Waals surface area contributed by atoms with Crippen molar-refractivity contribution >= 4 is 21.7 Å². The van der Waals surface area contributed by atoms with Gasteiger partial charge >= 0.3 is 0 Å². The second-order valence-corrected chi connectivity index (χ2v) is 2.71. The molecule has 0 aromatic carbocycles. The molecule has 0 atom stereocenters. The van der Waals surface area contributed by atoms with Crippen LogP contribution in [0.2, 0.25) is 0 Å². The van der Waals surface area contributed by atoms with Crippen molar-refractivity contribution in [3.63, 3.8) is 0 Å². The predicted octanol–water partition coefficient (Wildman–Crippen LogP) is 0.919. The molecule has 0 saturated heterocycles. The van der Waals surface area contributed by atoms with Crippen molar-refractivity contribution in [2.75, 3.05) is 5.73 Å². The van der Waals surface area contributed by atoms with Crippen LogP contribution in [-0.2, 0) is 6.61 Å². The third kappa shape index (κ3) is 1.46. The van der Waals surface area contributed by atoms with E-state index in [0.717, 1.165) is 10.0 Å². The van der Waals surface area contributed by atoms with Gasteiger partial charge in [-0.15, -0.1) is 0 Å². The molecule has 0 radical (unpaired) electrons. The van der Waals surface area contributed by atoms with Crippen LogP contribution in [0, 0.1) is 0 Å². The van der Waals surface area contributed by atoms with E-state index in [1.54, 1.807) is 12.3 Å². The first kappa shape index (κ1) is 7.50. The zero-order chi connectivity index (χ0) is 7.56. The molecule has 0 aliphatic rings. The molecule has 0 spiro atoms. The number of nitrogens with zero attached hydrogens (tertiary/aromatic N) is 1. The molecule has 1 rings (SSSR count). The quantitative estimate of drug-likeness (QED) is 0.713. The molecule has 1 aromatic heterocycles. The summed E-state index contributed by atoms with van der Waals surface area (Å²) in [5.41, 5.74) is 6.12. The molecule has 0 bridgehead atoms. The van der Waals surface area contributed by atoms with E-state index < -0.39 is 0 Å². The maximum Gasteiger partial charge on any atom is 0.123 e. The number of hydrogen-bond acceptors (Lipinski definition) is 3. The smallest absolute Gasteiger partial charge is 0.123 e. The number of nitrogens with two attached hydrogens (primary N) is 1. The first-order valence-corrected chi connectivity index (χ1v) is 3.54. The second kappa shape index (κ2) is 2.98. The Kier molecular flexibility index (Phi) is 2.24. The summed E-state index contributed by atoms with van der Waals surface area (Å²) in [5, 5.41) is 8.73. The van der Waals surface area contributed by atoms with Crippen LogP contribution in [0.4, 0.5) is 5.82 Å². The highest BCUT2D eigenvalue weighted by Crippen LogP contribution is 2.16. The van der Waals surface area contributed by atoms with E-state index in [2.05, 4.69) is 20.9 Å². The number of aliphatic hydroxyl groups is 1. The SMILES string of the molecule is Nc1cc(CO)c(Br)cn1. The lowest BCUT2D eigenvalue weighted by molar-refractivity contribution is 0.281. The van der Waals surface area contributed by atoms with E-state index >= 15 is 0 Å². The molecule has 3 N–H and O–H groups in total. The van der Waals surface area contributed by atoms with Crippen molar-refractivity contribution < 1.29 is 5.11 Å². The highest BCUT2D eigenvalue weighted by Gasteiger charge is 1.97. The van der Waals surface area contributed by atoms with Gasteiger partial charge < -0.3 is 10.8 Å². The fourth-order valence-electron chi connectivity index (χ4n) is 0.620. The van der Waals surface area contributed by atoms with Crippen molar-refractivity contribution in [3.05, 3.63) is 22.3 Å². The fourth-order valence-corrected chi connectivity index (χ4v) is 0.962. The van der Waals surface area contributed by atoms with E-state index in [4.69, 9.17) is 10.8 Å². The number of aromatic nitrogens is 1. The molecule has 54 valence electrons. The standard InChI is InChI=1S/C6H7BrN2O/c7-5-2-9-6(8)1-4(5)3-10/h1-2,10H,3H2,(H2,8,9). The van der Waals surface area contributed by atoms with Crippen molar-refractivity contribution in [1.82, 2.24) is 4.98 Å². The van der Waals surface area contributed by atoms with Gasteiger partial charge in [-0.1, -0.05) is 0 Å². The van der Waals surface area contributed by atoms with Crippen LogP contribution in [0.15, 0.2) is 16.7 Å². The van der Waals surface area contributed by atoms with Gasteiger partial charge in [0.05, 0.1) is 6.61 Å². The average molecular weight is 203 g/mol. The molecule has 0 amide bonds. The van der Waals surface area contributed by atoms with Crippen LogP contribution < -0.4 is 5.73 Å². The summed E-state index contributed by atoms with van der Waals surface area (Å²) in [6.07, 6.45) is 1.57. The van der Waals surface area contributed by atoms with E-state index in [9.17, 15) is 0 Å². The number of rotatable bonds is 1. The van der Waals surface area contributed by atoms with Crippen LogP contribution in [0.1, 0.15) is 5.56 Å². The molecule has 10 heavy (non-hydrogen) atoms. The normalized spacial score (nSPS) is 9.80. The number of nitrogen functional groups attached to an aromatic ring is 1. The minimum Gasteiger partial charge on any atom is -0.392 e. The van der Waals surface area contributed by atoms with Gasteiger partial charge in [-0.2, -0.15) is 0 Å². The molecule has 4 heteroatoms. The highest BCUT2D eigenvalue weighted by molar-refractivity contribution is 9.10. The lowest BCUT2D eigenvalue weighted by atomic mass is 10.3. The first-order valence-electron chi connectivity index (χ1n) is 2.75. The maximum absolute atomic E-state index is 8.73. The molecule has 0 aliphatic heterocycles. The monoisotopic (exact) mass is 202 g/mol. The molecule has 1 aromatic rings. The van der Waals surface area contributed by atoms with Gasteiger partial charge in [-0.05, 0) is 27.6 Å². The Morgan fingerprint density at radius 2 is 2.40 bits per heavy atom. The van der Waals surface area contributed by atoms with Crippen LogP contribution >= 0.6 is 15.9 Å². The molecule has 1 heterocycles. The minimum atomic E-state index is -0.0205. The van der Waals surface area contributed by atoms with Crippen LogP contribution in [0.5, 0.6) is 0 Å². The van der Waals surface area contributed by atoms with Crippen molar-refractivity contribution in [3.8, 4) is 0 Å². The van der Waals surface area contributed by atoms with Gasteiger partial charge in [-0.25, -0.2) is 4.98 Å². The van der Waals surface area contributed by atoms with Crippen molar-refractivity contribution in [2.45, 2.75) is 6.61 Å². The number of pyridine rings is 1.